The van der Waals surface area contributed by atoms with Gasteiger partial charge >= 0.3 is 5.97 Å². The van der Waals surface area contributed by atoms with Crippen LogP contribution in [0, 0.1) is 0 Å². The molecule has 0 bridgehead atoms. The van der Waals surface area contributed by atoms with Crippen LogP contribution in [-0.2, 0) is 11.2 Å². The number of carboxylic acid groups (broad SMARTS) is 1. The summed E-state index contributed by atoms with van der Waals surface area (Å²) in [4.78, 5) is 11.3. The molecule has 1 aromatic carbocycles. The number of carboxylic acids is 1. The zero-order valence-electron chi connectivity index (χ0n) is 12.3. The number of rotatable bonds is 6. The second kappa shape index (κ2) is 6.09. The molecular weight excluding hydrogens is 254 g/mol. The van der Waals surface area contributed by atoms with Gasteiger partial charge in [-0.1, -0.05) is 18.2 Å². The lowest BCUT2D eigenvalue weighted by molar-refractivity contribution is -0.143. The molecule has 0 saturated carbocycles. The fourth-order valence-corrected chi connectivity index (χ4v) is 1.89. The van der Waals surface area contributed by atoms with Crippen LogP contribution in [0.3, 0.4) is 0 Å². The van der Waals surface area contributed by atoms with Crippen LogP contribution in [0.5, 0.6) is 5.75 Å². The minimum Gasteiger partial charge on any atom is -0.488 e. The van der Waals surface area contributed by atoms with Gasteiger partial charge in [0.05, 0.1) is 0 Å². The summed E-state index contributed by atoms with van der Waals surface area (Å²) in [5.41, 5.74) is 5.21. The Kier molecular flexibility index (Phi) is 4.95. The van der Waals surface area contributed by atoms with Crippen LogP contribution in [0.4, 0.5) is 0 Å². The summed E-state index contributed by atoms with van der Waals surface area (Å²) in [6, 6.07) is 7.34. The summed E-state index contributed by atoms with van der Waals surface area (Å²) in [6.07, 6.45) is 2.01. The molecule has 0 heterocycles. The molecule has 0 aliphatic carbocycles. The molecule has 0 spiro atoms. The van der Waals surface area contributed by atoms with Crippen molar-refractivity contribution in [2.75, 3.05) is 0 Å². The minimum atomic E-state index is -1.31. The molecule has 0 aliphatic rings. The third-order valence-electron chi connectivity index (χ3n) is 2.80. The molecule has 4 heteroatoms. The number of aliphatic carboxylic acids is 1. The molecule has 0 aliphatic heterocycles. The largest absolute Gasteiger partial charge is 0.488 e. The Labute approximate surface area is 120 Å². The number of hydrogen-bond acceptors (Lipinski definition) is 3. The Balaban J connectivity index is 2.83. The van der Waals surface area contributed by atoms with Crippen molar-refractivity contribution in [3.05, 3.63) is 42.5 Å². The normalized spacial score (nSPS) is 14.4. The Morgan fingerprint density at radius 3 is 2.30 bits per heavy atom. The number of benzene rings is 1. The molecule has 0 fully saturated rings. The maximum absolute atomic E-state index is 11.3. The first-order valence-corrected chi connectivity index (χ1v) is 6.57. The highest BCUT2D eigenvalue weighted by Crippen LogP contribution is 2.21. The van der Waals surface area contributed by atoms with Gasteiger partial charge in [0.15, 0.2) is 0 Å². The highest BCUT2D eigenvalue weighted by molar-refractivity contribution is 5.79. The molecule has 110 valence electrons. The molecule has 1 atom stereocenters. The van der Waals surface area contributed by atoms with E-state index in [2.05, 4.69) is 6.58 Å². The van der Waals surface area contributed by atoms with Crippen molar-refractivity contribution in [2.45, 2.75) is 44.8 Å². The summed E-state index contributed by atoms with van der Waals surface area (Å²) in [5, 5.41) is 9.23. The summed E-state index contributed by atoms with van der Waals surface area (Å²) < 4.78 is 5.72. The highest BCUT2D eigenvalue weighted by Gasteiger charge is 2.32. The van der Waals surface area contributed by atoms with Crippen molar-refractivity contribution in [3.8, 4) is 5.75 Å². The first-order valence-electron chi connectivity index (χ1n) is 6.57. The summed E-state index contributed by atoms with van der Waals surface area (Å²) >= 11 is 0. The third kappa shape index (κ3) is 4.70. The van der Waals surface area contributed by atoms with Crippen molar-refractivity contribution < 1.29 is 14.6 Å². The van der Waals surface area contributed by atoms with Gasteiger partial charge in [0.2, 0.25) is 0 Å². The van der Waals surface area contributed by atoms with E-state index in [9.17, 15) is 9.90 Å². The highest BCUT2D eigenvalue weighted by atomic mass is 16.5. The predicted molar refractivity (Wildman–Crippen MR) is 79.9 cm³/mol. The Hall–Kier alpha value is -1.81. The van der Waals surface area contributed by atoms with E-state index >= 15 is 0 Å². The number of hydrogen-bond donors (Lipinski definition) is 2. The van der Waals surface area contributed by atoms with Gasteiger partial charge in [-0.15, -0.1) is 6.58 Å². The topological polar surface area (TPSA) is 72.5 Å². The Bertz CT molecular complexity index is 473. The predicted octanol–water partition coefficient (Wildman–Crippen LogP) is 2.76. The van der Waals surface area contributed by atoms with Crippen LogP contribution in [-0.4, -0.2) is 22.2 Å². The van der Waals surface area contributed by atoms with E-state index in [-0.39, 0.29) is 18.4 Å². The Morgan fingerprint density at radius 2 is 1.90 bits per heavy atom. The van der Waals surface area contributed by atoms with Gasteiger partial charge in [-0.25, -0.2) is 0 Å². The number of carbonyl (C=O) groups is 1. The van der Waals surface area contributed by atoms with Crippen LogP contribution in [0.1, 0.15) is 32.8 Å². The minimum absolute atomic E-state index is 0.225. The van der Waals surface area contributed by atoms with Crippen molar-refractivity contribution in [3.63, 3.8) is 0 Å². The van der Waals surface area contributed by atoms with E-state index in [1.807, 2.05) is 45.0 Å². The average molecular weight is 277 g/mol. The average Bonchev–Trinajstić information content (AvgIpc) is 2.30. The molecular formula is C16H23NO3. The van der Waals surface area contributed by atoms with Gasteiger partial charge in [-0.2, -0.15) is 0 Å². The zero-order chi connectivity index (χ0) is 15.4. The molecule has 0 amide bonds. The SMILES string of the molecule is C=CC[C@](N)(Cc1ccc(OC(C)(C)C)cc1)C(=O)O. The third-order valence-corrected chi connectivity index (χ3v) is 2.80. The zero-order valence-corrected chi connectivity index (χ0v) is 12.3. The Morgan fingerprint density at radius 1 is 1.35 bits per heavy atom. The lowest BCUT2D eigenvalue weighted by Crippen LogP contribution is -2.49. The maximum atomic E-state index is 11.3. The van der Waals surface area contributed by atoms with Crippen LogP contribution >= 0.6 is 0 Å². The lowest BCUT2D eigenvalue weighted by Gasteiger charge is -2.24. The monoisotopic (exact) mass is 277 g/mol. The quantitative estimate of drug-likeness (QED) is 0.784. The lowest BCUT2D eigenvalue weighted by atomic mass is 9.88. The molecule has 0 saturated heterocycles. The molecule has 0 radical (unpaired) electrons. The second-order valence-corrected chi connectivity index (χ2v) is 5.99. The first kappa shape index (κ1) is 16.2. The standard InChI is InChI=1S/C16H23NO3/c1-5-10-16(17,14(18)19)11-12-6-8-13(9-7-12)20-15(2,3)4/h5-9H,1,10-11,17H2,2-4H3,(H,18,19)/t16-/m0/s1. The smallest absolute Gasteiger partial charge is 0.324 e. The summed E-state index contributed by atoms with van der Waals surface area (Å²) in [6.45, 7) is 9.48. The van der Waals surface area contributed by atoms with E-state index in [4.69, 9.17) is 10.5 Å². The van der Waals surface area contributed by atoms with Crippen molar-refractivity contribution in [2.24, 2.45) is 5.73 Å². The van der Waals surface area contributed by atoms with Gasteiger partial charge in [0, 0.05) is 6.42 Å². The van der Waals surface area contributed by atoms with Crippen molar-refractivity contribution >= 4 is 5.97 Å². The van der Waals surface area contributed by atoms with E-state index < -0.39 is 11.5 Å². The number of ether oxygens (including phenoxy) is 1. The van der Waals surface area contributed by atoms with E-state index in [1.54, 1.807) is 0 Å². The molecule has 1 rings (SSSR count). The molecule has 3 N–H and O–H groups in total. The van der Waals surface area contributed by atoms with Crippen LogP contribution < -0.4 is 10.5 Å². The van der Waals surface area contributed by atoms with E-state index in [0.29, 0.717) is 0 Å². The van der Waals surface area contributed by atoms with Gasteiger partial charge in [0.25, 0.3) is 0 Å². The van der Waals surface area contributed by atoms with Gasteiger partial charge < -0.3 is 15.6 Å². The molecule has 1 aromatic rings. The van der Waals surface area contributed by atoms with E-state index in [0.717, 1.165) is 11.3 Å². The first-order chi connectivity index (χ1) is 9.16. The molecule has 0 aromatic heterocycles. The van der Waals surface area contributed by atoms with Gasteiger partial charge in [0.1, 0.15) is 16.9 Å². The number of nitrogens with two attached hydrogens (primary N) is 1. The summed E-state index contributed by atoms with van der Waals surface area (Å²) in [7, 11) is 0. The second-order valence-electron chi connectivity index (χ2n) is 5.99. The maximum Gasteiger partial charge on any atom is 0.324 e. The molecule has 20 heavy (non-hydrogen) atoms. The molecule has 4 nitrogen and oxygen atoms in total. The van der Waals surface area contributed by atoms with Gasteiger partial charge in [-0.05, 0) is 44.9 Å². The van der Waals surface area contributed by atoms with Crippen molar-refractivity contribution in [1.29, 1.82) is 0 Å². The van der Waals surface area contributed by atoms with Crippen molar-refractivity contribution in [1.82, 2.24) is 0 Å². The van der Waals surface area contributed by atoms with Crippen LogP contribution in [0.15, 0.2) is 36.9 Å². The van der Waals surface area contributed by atoms with E-state index in [1.165, 1.54) is 6.08 Å². The fourth-order valence-electron chi connectivity index (χ4n) is 1.89. The fraction of sp³-hybridized carbons (Fsp3) is 0.438. The summed E-state index contributed by atoms with van der Waals surface area (Å²) in [5.74, 6) is -0.268. The van der Waals surface area contributed by atoms with Crippen LogP contribution in [0.2, 0.25) is 0 Å². The van der Waals surface area contributed by atoms with Crippen LogP contribution in [0.25, 0.3) is 0 Å². The molecule has 0 unspecified atom stereocenters. The van der Waals surface area contributed by atoms with Gasteiger partial charge in [-0.3, -0.25) is 4.79 Å².